The summed E-state index contributed by atoms with van der Waals surface area (Å²) in [5, 5.41) is 6.52. The minimum absolute atomic E-state index is 0.0105. The summed E-state index contributed by atoms with van der Waals surface area (Å²) in [7, 11) is 1.61. The van der Waals surface area contributed by atoms with Gasteiger partial charge in [-0.05, 0) is 43.2 Å². The number of aryl methyl sites for hydroxylation is 2. The number of ether oxygens (including phenoxy) is 2. The maximum absolute atomic E-state index is 13.1. The molecule has 9 heteroatoms. The number of hydrazone groups is 1. The Bertz CT molecular complexity index is 1210. The average molecular weight is 491 g/mol. The zero-order valence-electron chi connectivity index (χ0n) is 19.8. The molecular weight excluding hydrogens is 464 g/mol. The highest BCUT2D eigenvalue weighted by Crippen LogP contribution is 2.33. The van der Waals surface area contributed by atoms with Crippen LogP contribution < -0.4 is 4.74 Å². The zero-order chi connectivity index (χ0) is 24.8. The van der Waals surface area contributed by atoms with Crippen LogP contribution in [0, 0.1) is 13.8 Å². The second-order valence-electron chi connectivity index (χ2n) is 8.03. The molecule has 35 heavy (non-hydrogen) atoms. The molecule has 4 rings (SSSR count). The summed E-state index contributed by atoms with van der Waals surface area (Å²) in [4.78, 5) is 34.0. The van der Waals surface area contributed by atoms with E-state index in [2.05, 4.69) is 15.1 Å². The molecule has 0 N–H and O–H groups in total. The maximum Gasteiger partial charge on any atom is 0.316 e. The summed E-state index contributed by atoms with van der Waals surface area (Å²) in [5.41, 5.74) is 4.32. The third-order valence-electron chi connectivity index (χ3n) is 5.41. The van der Waals surface area contributed by atoms with E-state index in [9.17, 15) is 9.59 Å². The van der Waals surface area contributed by atoms with Gasteiger partial charge in [0, 0.05) is 17.8 Å². The fourth-order valence-corrected chi connectivity index (χ4v) is 4.51. The van der Waals surface area contributed by atoms with E-state index in [4.69, 9.17) is 9.47 Å². The fourth-order valence-electron chi connectivity index (χ4n) is 3.76. The summed E-state index contributed by atoms with van der Waals surface area (Å²) < 4.78 is 10.5. The highest BCUT2D eigenvalue weighted by Gasteiger charge is 2.33. The van der Waals surface area contributed by atoms with Gasteiger partial charge in [0.2, 0.25) is 0 Å². The molecule has 3 aromatic rings. The number of carbonyl (C=O) groups is 2. The van der Waals surface area contributed by atoms with Crippen molar-refractivity contribution in [3.63, 3.8) is 0 Å². The van der Waals surface area contributed by atoms with Crippen molar-refractivity contribution in [2.45, 2.75) is 31.5 Å². The average Bonchev–Trinajstić information content (AvgIpc) is 3.32. The minimum atomic E-state index is -0.515. The van der Waals surface area contributed by atoms with E-state index in [0.717, 1.165) is 34.0 Å². The molecule has 0 saturated heterocycles. The van der Waals surface area contributed by atoms with Gasteiger partial charge in [0.15, 0.2) is 11.8 Å². The molecule has 1 aliphatic rings. The molecule has 2 heterocycles. The van der Waals surface area contributed by atoms with Crippen LogP contribution in [-0.4, -0.2) is 52.0 Å². The lowest BCUT2D eigenvalue weighted by atomic mass is 9.98. The Kier molecular flexibility index (Phi) is 7.77. The van der Waals surface area contributed by atoms with Crippen LogP contribution in [0.2, 0.25) is 0 Å². The molecule has 0 spiro atoms. The van der Waals surface area contributed by atoms with Crippen molar-refractivity contribution in [3.05, 3.63) is 83.2 Å². The van der Waals surface area contributed by atoms with Crippen molar-refractivity contribution in [1.29, 1.82) is 0 Å². The number of nitrogens with zero attached hydrogens (tertiary/aromatic N) is 4. The lowest BCUT2D eigenvalue weighted by molar-refractivity contribution is -0.150. The van der Waals surface area contributed by atoms with Gasteiger partial charge >= 0.3 is 5.97 Å². The molecule has 0 saturated carbocycles. The first kappa shape index (κ1) is 24.4. The van der Waals surface area contributed by atoms with Gasteiger partial charge in [0.25, 0.3) is 5.91 Å². The Balaban J connectivity index is 1.43. The van der Waals surface area contributed by atoms with Crippen LogP contribution in [0.5, 0.6) is 5.75 Å². The smallest absolute Gasteiger partial charge is 0.316 e. The molecule has 1 aliphatic heterocycles. The van der Waals surface area contributed by atoms with E-state index in [1.165, 1.54) is 16.8 Å². The number of hydrogen-bond donors (Lipinski definition) is 0. The predicted octanol–water partition coefficient (Wildman–Crippen LogP) is 4.12. The molecule has 8 nitrogen and oxygen atoms in total. The van der Waals surface area contributed by atoms with Crippen LogP contribution in [0.25, 0.3) is 0 Å². The minimum Gasteiger partial charge on any atom is -0.497 e. The van der Waals surface area contributed by atoms with E-state index < -0.39 is 18.5 Å². The van der Waals surface area contributed by atoms with Crippen LogP contribution in [0.1, 0.15) is 35.0 Å². The molecule has 0 bridgehead atoms. The van der Waals surface area contributed by atoms with Crippen LogP contribution in [0.4, 0.5) is 0 Å². The number of rotatable bonds is 8. The Hall–Kier alpha value is -3.72. The van der Waals surface area contributed by atoms with Crippen LogP contribution in [0.3, 0.4) is 0 Å². The predicted molar refractivity (Wildman–Crippen MR) is 133 cm³/mol. The number of esters is 1. The van der Waals surface area contributed by atoms with Gasteiger partial charge in [-0.15, -0.1) is 0 Å². The third kappa shape index (κ3) is 6.24. The summed E-state index contributed by atoms with van der Waals surface area (Å²) in [5.74, 6) is -0.166. The first-order valence-electron chi connectivity index (χ1n) is 11.1. The second-order valence-corrected chi connectivity index (χ2v) is 8.97. The lowest BCUT2D eigenvalue weighted by Crippen LogP contribution is -2.31. The Labute approximate surface area is 208 Å². The van der Waals surface area contributed by atoms with E-state index in [1.807, 2.05) is 74.5 Å². The Morgan fingerprint density at radius 1 is 1.03 bits per heavy atom. The summed E-state index contributed by atoms with van der Waals surface area (Å²) >= 11 is 1.18. The Morgan fingerprint density at radius 3 is 2.37 bits per heavy atom. The van der Waals surface area contributed by atoms with Crippen LogP contribution in [-0.2, 0) is 14.3 Å². The molecule has 1 amide bonds. The number of methoxy groups -OCH3 is 1. The Morgan fingerprint density at radius 2 is 1.71 bits per heavy atom. The van der Waals surface area contributed by atoms with Gasteiger partial charge in [-0.1, -0.05) is 54.2 Å². The van der Waals surface area contributed by atoms with Crippen molar-refractivity contribution in [2.75, 3.05) is 19.5 Å². The highest BCUT2D eigenvalue weighted by atomic mass is 32.2. The quantitative estimate of drug-likeness (QED) is 0.266. The van der Waals surface area contributed by atoms with Gasteiger partial charge in [-0.3, -0.25) is 9.59 Å². The van der Waals surface area contributed by atoms with Crippen molar-refractivity contribution in [1.82, 2.24) is 15.0 Å². The number of aromatic nitrogens is 2. The van der Waals surface area contributed by atoms with Gasteiger partial charge in [-0.2, -0.15) is 5.10 Å². The fraction of sp³-hybridized carbons (Fsp3) is 0.269. The van der Waals surface area contributed by atoms with Crippen molar-refractivity contribution in [2.24, 2.45) is 5.10 Å². The molecule has 1 unspecified atom stereocenters. The van der Waals surface area contributed by atoms with Gasteiger partial charge in [0.05, 0.1) is 24.6 Å². The molecule has 0 radical (unpaired) electrons. The molecule has 0 fully saturated rings. The summed E-state index contributed by atoms with van der Waals surface area (Å²) in [6.45, 7) is 3.34. The zero-order valence-corrected chi connectivity index (χ0v) is 20.6. The van der Waals surface area contributed by atoms with E-state index in [-0.39, 0.29) is 11.8 Å². The van der Waals surface area contributed by atoms with E-state index >= 15 is 0 Å². The van der Waals surface area contributed by atoms with Gasteiger partial charge in [-0.25, -0.2) is 15.0 Å². The largest absolute Gasteiger partial charge is 0.497 e. The summed E-state index contributed by atoms with van der Waals surface area (Å²) in [6, 6.07) is 18.8. The van der Waals surface area contributed by atoms with Gasteiger partial charge < -0.3 is 9.47 Å². The third-order valence-corrected chi connectivity index (χ3v) is 6.23. The van der Waals surface area contributed by atoms with Crippen molar-refractivity contribution in [3.8, 4) is 5.75 Å². The van der Waals surface area contributed by atoms with E-state index in [1.54, 1.807) is 7.11 Å². The van der Waals surface area contributed by atoms with Crippen molar-refractivity contribution < 1.29 is 19.1 Å². The number of benzene rings is 2. The molecule has 0 aliphatic carbocycles. The van der Waals surface area contributed by atoms with Crippen LogP contribution in [0.15, 0.2) is 70.9 Å². The first-order chi connectivity index (χ1) is 16.9. The molecule has 180 valence electrons. The molecule has 1 aromatic heterocycles. The number of thioether (sulfide) groups is 1. The standard InChI is InChI=1S/C26H26N4O4S/c1-17-13-18(2)28-26(27-17)35-16-25(32)34-15-24(31)30-23(20-9-11-21(33-3)12-10-20)14-22(29-30)19-7-5-4-6-8-19/h4-13,23H,14-16H2,1-3H3. The second kappa shape index (κ2) is 11.1. The van der Waals surface area contributed by atoms with E-state index in [0.29, 0.717) is 11.6 Å². The highest BCUT2D eigenvalue weighted by molar-refractivity contribution is 7.99. The molecule has 2 aromatic carbocycles. The van der Waals surface area contributed by atoms with Crippen molar-refractivity contribution >= 4 is 29.4 Å². The van der Waals surface area contributed by atoms with Gasteiger partial charge in [0.1, 0.15) is 5.75 Å². The normalized spacial score (nSPS) is 15.0. The number of hydrogen-bond acceptors (Lipinski definition) is 8. The molecule has 1 atom stereocenters. The number of carbonyl (C=O) groups excluding carboxylic acids is 2. The first-order valence-corrected chi connectivity index (χ1v) is 12.1. The topological polar surface area (TPSA) is 94.0 Å². The number of amides is 1. The molecular formula is C26H26N4O4S. The maximum atomic E-state index is 13.1. The SMILES string of the molecule is COc1ccc(C2CC(c3ccccc3)=NN2C(=O)COC(=O)CSc2nc(C)cc(C)n2)cc1. The van der Waals surface area contributed by atoms with Crippen LogP contribution >= 0.6 is 11.8 Å². The summed E-state index contributed by atoms with van der Waals surface area (Å²) in [6.07, 6.45) is 0.552. The monoisotopic (exact) mass is 490 g/mol. The lowest BCUT2D eigenvalue weighted by Gasteiger charge is -2.22.